The van der Waals surface area contributed by atoms with E-state index in [2.05, 4.69) is 10.4 Å². The molecule has 0 aliphatic rings. The highest BCUT2D eigenvalue weighted by molar-refractivity contribution is 6.08. The molecule has 0 bridgehead atoms. The lowest BCUT2D eigenvalue weighted by Gasteiger charge is -2.07. The second-order valence-corrected chi connectivity index (χ2v) is 6.19. The number of carboxylic acid groups (broad SMARTS) is 1. The Morgan fingerprint density at radius 3 is 2.57 bits per heavy atom. The third-order valence-corrected chi connectivity index (χ3v) is 4.17. The van der Waals surface area contributed by atoms with E-state index < -0.39 is 16.8 Å². The van der Waals surface area contributed by atoms with E-state index in [0.717, 1.165) is 0 Å². The number of non-ortho nitro benzene ring substituents is 1. The van der Waals surface area contributed by atoms with Crippen molar-refractivity contribution >= 4 is 23.3 Å². The van der Waals surface area contributed by atoms with Gasteiger partial charge in [-0.15, -0.1) is 0 Å². The number of rotatable bonds is 7. The average Bonchev–Trinajstić information content (AvgIpc) is 3.17. The van der Waals surface area contributed by atoms with Crippen molar-refractivity contribution in [2.24, 2.45) is 0 Å². The molecule has 2 aromatic carbocycles. The molecule has 3 rings (SSSR count). The predicted octanol–water partition coefficient (Wildman–Crippen LogP) is 1.99. The molecule has 1 heterocycles. The normalized spacial score (nSPS) is 10.2. The Bertz CT molecular complexity index is 1160. The molecule has 0 fully saturated rings. The van der Waals surface area contributed by atoms with Crippen molar-refractivity contribution in [2.45, 2.75) is 13.0 Å². The molecule has 0 aliphatic heterocycles. The Kier molecular flexibility index (Phi) is 5.84. The number of aromatic carboxylic acids is 1. The van der Waals surface area contributed by atoms with Gasteiger partial charge in [0.25, 0.3) is 11.6 Å². The number of benzene rings is 2. The van der Waals surface area contributed by atoms with Crippen molar-refractivity contribution in [3.8, 4) is 17.3 Å². The highest BCUT2D eigenvalue weighted by Gasteiger charge is 2.20. The molecular formula is C20H14N5O5-. The largest absolute Gasteiger partial charge is 0.545 e. The second-order valence-electron chi connectivity index (χ2n) is 6.19. The van der Waals surface area contributed by atoms with Crippen LogP contribution in [-0.2, 0) is 6.54 Å². The van der Waals surface area contributed by atoms with E-state index in [1.807, 2.05) is 6.07 Å². The Balaban J connectivity index is 1.96. The molecule has 150 valence electrons. The van der Waals surface area contributed by atoms with Gasteiger partial charge >= 0.3 is 0 Å². The van der Waals surface area contributed by atoms with Gasteiger partial charge in [-0.3, -0.25) is 19.6 Å². The maximum Gasteiger partial charge on any atom is 0.270 e. The summed E-state index contributed by atoms with van der Waals surface area (Å²) in [6.45, 7) is 0.242. The molecule has 1 aromatic heterocycles. The number of aryl methyl sites for hydroxylation is 1. The molecule has 0 saturated heterocycles. The Morgan fingerprint density at radius 2 is 1.93 bits per heavy atom. The van der Waals surface area contributed by atoms with Crippen LogP contribution in [0.25, 0.3) is 11.3 Å². The summed E-state index contributed by atoms with van der Waals surface area (Å²) >= 11 is 0. The highest BCUT2D eigenvalue weighted by Crippen LogP contribution is 2.26. The maximum atomic E-state index is 12.8. The number of carbonyl (C=O) groups excluding carboxylic acids is 2. The Labute approximate surface area is 170 Å². The van der Waals surface area contributed by atoms with E-state index in [-0.39, 0.29) is 35.5 Å². The number of anilines is 1. The first-order chi connectivity index (χ1) is 14.4. The van der Waals surface area contributed by atoms with Crippen LogP contribution < -0.4 is 10.4 Å². The minimum atomic E-state index is -1.33. The Hall–Kier alpha value is -4.52. The first-order valence-electron chi connectivity index (χ1n) is 8.71. The summed E-state index contributed by atoms with van der Waals surface area (Å²) in [6, 6.07) is 13.1. The molecule has 1 N–H and O–H groups in total. The van der Waals surface area contributed by atoms with Crippen molar-refractivity contribution in [3.63, 3.8) is 0 Å². The van der Waals surface area contributed by atoms with Gasteiger partial charge in [-0.25, -0.2) is 0 Å². The van der Waals surface area contributed by atoms with Gasteiger partial charge in [-0.1, -0.05) is 24.3 Å². The van der Waals surface area contributed by atoms with Crippen LogP contribution in [0.4, 0.5) is 11.4 Å². The van der Waals surface area contributed by atoms with E-state index in [4.69, 9.17) is 5.26 Å². The third-order valence-electron chi connectivity index (χ3n) is 4.17. The summed E-state index contributed by atoms with van der Waals surface area (Å²) in [5, 5.41) is 37.7. The smallest absolute Gasteiger partial charge is 0.270 e. The van der Waals surface area contributed by atoms with E-state index in [1.165, 1.54) is 53.3 Å². The SMILES string of the molecule is N#CCCn1cc(C(=O)Nc2ccc(C(=O)[O-])cc2)c(-c2cccc([N+](=O)[O-])c2)n1. The number of aromatic nitrogens is 2. The number of nitrogens with one attached hydrogen (secondary N) is 1. The average molecular weight is 404 g/mol. The fourth-order valence-electron chi connectivity index (χ4n) is 2.73. The van der Waals surface area contributed by atoms with Gasteiger partial charge in [0.15, 0.2) is 0 Å². The number of carboxylic acids is 1. The molecule has 0 spiro atoms. The zero-order valence-electron chi connectivity index (χ0n) is 15.4. The van der Waals surface area contributed by atoms with Crippen molar-refractivity contribution in [3.05, 3.63) is 76.0 Å². The van der Waals surface area contributed by atoms with Crippen LogP contribution >= 0.6 is 0 Å². The molecule has 3 aromatic rings. The van der Waals surface area contributed by atoms with Gasteiger partial charge in [0, 0.05) is 29.6 Å². The predicted molar refractivity (Wildman–Crippen MR) is 103 cm³/mol. The molecule has 0 unspecified atom stereocenters. The fourth-order valence-corrected chi connectivity index (χ4v) is 2.73. The van der Waals surface area contributed by atoms with Crippen LogP contribution in [0.1, 0.15) is 27.1 Å². The van der Waals surface area contributed by atoms with Crippen molar-refractivity contribution < 1.29 is 19.6 Å². The summed E-state index contributed by atoms with van der Waals surface area (Å²) in [5.41, 5.74) is 0.910. The summed E-state index contributed by atoms with van der Waals surface area (Å²) < 4.78 is 1.42. The maximum absolute atomic E-state index is 12.8. The number of nitro groups is 1. The number of nitro benzene ring substituents is 1. The zero-order chi connectivity index (χ0) is 21.7. The van der Waals surface area contributed by atoms with Crippen LogP contribution in [0.2, 0.25) is 0 Å². The molecule has 0 radical (unpaired) electrons. The van der Waals surface area contributed by atoms with Gasteiger partial charge in [0.1, 0.15) is 5.69 Å². The number of hydrogen-bond acceptors (Lipinski definition) is 7. The molecule has 0 saturated carbocycles. The standard InChI is InChI=1S/C20H15N5O5/c21-9-2-10-24-12-17(18(23-24)14-3-1-4-16(11-14)25(29)30)19(26)22-15-7-5-13(6-8-15)20(27)28/h1,3-8,11-12H,2,10H2,(H,22,26)(H,27,28)/p-1. The molecule has 10 heteroatoms. The molecular weight excluding hydrogens is 390 g/mol. The molecule has 0 atom stereocenters. The van der Waals surface area contributed by atoms with Crippen LogP contribution in [-0.4, -0.2) is 26.6 Å². The number of nitriles is 1. The molecule has 30 heavy (non-hydrogen) atoms. The minimum Gasteiger partial charge on any atom is -0.545 e. The van der Waals surface area contributed by atoms with Crippen LogP contribution in [0.15, 0.2) is 54.7 Å². The zero-order valence-corrected chi connectivity index (χ0v) is 15.4. The number of hydrogen-bond donors (Lipinski definition) is 1. The van der Waals surface area contributed by atoms with Crippen LogP contribution in [0, 0.1) is 21.4 Å². The molecule has 10 nitrogen and oxygen atoms in total. The highest BCUT2D eigenvalue weighted by atomic mass is 16.6. The minimum absolute atomic E-state index is 0.0328. The van der Waals surface area contributed by atoms with Crippen molar-refractivity contribution in [1.29, 1.82) is 5.26 Å². The van der Waals surface area contributed by atoms with E-state index >= 15 is 0 Å². The van der Waals surface area contributed by atoms with Crippen molar-refractivity contribution in [2.75, 3.05) is 5.32 Å². The molecule has 0 aliphatic carbocycles. The summed E-state index contributed by atoms with van der Waals surface area (Å²) in [4.78, 5) is 34.2. The lowest BCUT2D eigenvalue weighted by atomic mass is 10.1. The second kappa shape index (κ2) is 8.66. The Morgan fingerprint density at radius 1 is 1.20 bits per heavy atom. The summed E-state index contributed by atoms with van der Waals surface area (Å²) in [7, 11) is 0. The lowest BCUT2D eigenvalue weighted by molar-refractivity contribution is -0.384. The van der Waals surface area contributed by atoms with Crippen LogP contribution in [0.3, 0.4) is 0 Å². The first-order valence-corrected chi connectivity index (χ1v) is 8.71. The van der Waals surface area contributed by atoms with Crippen LogP contribution in [0.5, 0.6) is 0 Å². The topological polar surface area (TPSA) is 154 Å². The van der Waals surface area contributed by atoms with Crippen molar-refractivity contribution in [1.82, 2.24) is 9.78 Å². The first kappa shape index (κ1) is 20.2. The number of carbonyl (C=O) groups is 2. The van der Waals surface area contributed by atoms with Gasteiger partial charge in [0.2, 0.25) is 0 Å². The van der Waals surface area contributed by atoms with E-state index in [1.54, 1.807) is 6.07 Å². The summed E-state index contributed by atoms with van der Waals surface area (Å²) in [6.07, 6.45) is 1.62. The van der Waals surface area contributed by atoms with Gasteiger partial charge in [-0.2, -0.15) is 10.4 Å². The van der Waals surface area contributed by atoms with E-state index in [0.29, 0.717) is 11.3 Å². The summed E-state index contributed by atoms with van der Waals surface area (Å²) in [5.74, 6) is -1.87. The van der Waals surface area contributed by atoms with Gasteiger partial charge in [0.05, 0.1) is 35.5 Å². The third kappa shape index (κ3) is 4.48. The number of amides is 1. The monoisotopic (exact) mass is 404 g/mol. The lowest BCUT2D eigenvalue weighted by Crippen LogP contribution is -2.22. The van der Waals surface area contributed by atoms with E-state index in [9.17, 15) is 24.8 Å². The quantitative estimate of drug-likeness (QED) is 0.466. The fraction of sp³-hybridized carbons (Fsp3) is 0.100. The molecule has 1 amide bonds. The van der Waals surface area contributed by atoms with Gasteiger partial charge < -0.3 is 15.2 Å². The number of nitrogens with zero attached hydrogens (tertiary/aromatic N) is 4. The van der Waals surface area contributed by atoms with Gasteiger partial charge in [-0.05, 0) is 17.7 Å².